The first kappa shape index (κ1) is 20.8. The summed E-state index contributed by atoms with van der Waals surface area (Å²) in [7, 11) is 0. The quantitative estimate of drug-likeness (QED) is 0.574. The Bertz CT molecular complexity index is 1020. The molecule has 0 saturated heterocycles. The van der Waals surface area contributed by atoms with Crippen LogP contribution in [-0.2, 0) is 17.8 Å². The van der Waals surface area contributed by atoms with Crippen LogP contribution in [0.25, 0.3) is 10.9 Å². The van der Waals surface area contributed by atoms with Crippen molar-refractivity contribution in [1.29, 1.82) is 0 Å². The van der Waals surface area contributed by atoms with E-state index in [0.29, 0.717) is 6.54 Å². The number of carbonyl (C=O) groups is 1. The molecule has 0 saturated carbocycles. The third-order valence-electron chi connectivity index (χ3n) is 5.46. The summed E-state index contributed by atoms with van der Waals surface area (Å²) in [6, 6.07) is 18.4. The van der Waals surface area contributed by atoms with Crippen molar-refractivity contribution >= 4 is 28.6 Å². The maximum Gasteiger partial charge on any atom is 0.233 e. The lowest BCUT2D eigenvalue weighted by molar-refractivity contribution is -0.120. The fourth-order valence-corrected chi connectivity index (χ4v) is 4.86. The van der Waals surface area contributed by atoms with Gasteiger partial charge in [0, 0.05) is 42.7 Å². The molecule has 0 aliphatic carbocycles. The monoisotopic (exact) mass is 421 g/mol. The van der Waals surface area contributed by atoms with E-state index in [2.05, 4.69) is 39.5 Å². The van der Waals surface area contributed by atoms with Gasteiger partial charge in [-0.1, -0.05) is 42.5 Å². The maximum atomic E-state index is 12.6. The second-order valence-electron chi connectivity index (χ2n) is 7.74. The van der Waals surface area contributed by atoms with Crippen molar-refractivity contribution in [1.82, 2.24) is 15.2 Å². The van der Waals surface area contributed by atoms with Crippen LogP contribution in [0.3, 0.4) is 0 Å². The summed E-state index contributed by atoms with van der Waals surface area (Å²) in [6.45, 7) is 4.48. The molecule has 2 atom stereocenters. The van der Waals surface area contributed by atoms with E-state index in [-0.39, 0.29) is 17.7 Å². The maximum absolute atomic E-state index is 12.6. The molecule has 1 aromatic heterocycles. The third kappa shape index (κ3) is 5.01. The first-order chi connectivity index (χ1) is 14.6. The van der Waals surface area contributed by atoms with Gasteiger partial charge in [-0.25, -0.2) is 0 Å². The Morgan fingerprint density at radius 2 is 1.97 bits per heavy atom. The van der Waals surface area contributed by atoms with Crippen molar-refractivity contribution in [2.24, 2.45) is 0 Å². The molecule has 0 radical (unpaired) electrons. The number of nitrogens with one attached hydrogen (secondary N) is 1. The normalized spacial score (nSPS) is 16.1. The van der Waals surface area contributed by atoms with Gasteiger partial charge in [-0.15, -0.1) is 11.8 Å². The zero-order valence-corrected chi connectivity index (χ0v) is 17.9. The van der Waals surface area contributed by atoms with Crippen LogP contribution < -0.4 is 5.32 Å². The number of nitrogens with zero attached hydrogens (tertiary/aromatic N) is 2. The molecule has 0 bridgehead atoms. The van der Waals surface area contributed by atoms with E-state index >= 15 is 0 Å². The molecule has 156 valence electrons. The predicted octanol–water partition coefficient (Wildman–Crippen LogP) is 3.25. The van der Waals surface area contributed by atoms with Crippen molar-refractivity contribution in [2.45, 2.75) is 36.1 Å². The molecular formula is C24H27N3O2S. The number of pyridine rings is 1. The number of β-amino-alcohol motifs (C(OH)–C–C–N with tert-alkyl or cyclic N) is 1. The van der Waals surface area contributed by atoms with E-state index in [1.165, 1.54) is 22.9 Å². The zero-order chi connectivity index (χ0) is 20.9. The summed E-state index contributed by atoms with van der Waals surface area (Å²) in [5, 5.41) is 14.1. The molecule has 4 rings (SSSR count). The SMILES string of the molecule is CC(Sc1cccc2cccnc12)C(=O)NCC(O)CN1CCc2ccccc2C1. The molecule has 2 aromatic carbocycles. The Hall–Kier alpha value is -2.41. The van der Waals surface area contributed by atoms with Crippen LogP contribution in [0.4, 0.5) is 0 Å². The predicted molar refractivity (Wildman–Crippen MR) is 122 cm³/mol. The lowest BCUT2D eigenvalue weighted by atomic mass is 10.00. The highest BCUT2D eigenvalue weighted by Crippen LogP contribution is 2.29. The highest BCUT2D eigenvalue weighted by molar-refractivity contribution is 8.00. The molecule has 1 aliphatic rings. The molecule has 2 unspecified atom stereocenters. The Morgan fingerprint density at radius 3 is 2.83 bits per heavy atom. The van der Waals surface area contributed by atoms with Gasteiger partial charge in [0.2, 0.25) is 5.91 Å². The van der Waals surface area contributed by atoms with Gasteiger partial charge < -0.3 is 10.4 Å². The van der Waals surface area contributed by atoms with E-state index in [1.54, 1.807) is 6.20 Å². The average Bonchev–Trinajstić information content (AvgIpc) is 2.77. The number of rotatable bonds is 7. The molecule has 0 spiro atoms. The number of benzene rings is 2. The lowest BCUT2D eigenvalue weighted by Gasteiger charge is -2.30. The number of aliphatic hydroxyl groups excluding tert-OH is 1. The highest BCUT2D eigenvalue weighted by Gasteiger charge is 2.20. The van der Waals surface area contributed by atoms with Crippen LogP contribution in [0, 0.1) is 0 Å². The molecule has 1 amide bonds. The van der Waals surface area contributed by atoms with Crippen molar-refractivity contribution in [2.75, 3.05) is 19.6 Å². The van der Waals surface area contributed by atoms with Crippen LogP contribution in [0.1, 0.15) is 18.1 Å². The summed E-state index contributed by atoms with van der Waals surface area (Å²) in [6.07, 6.45) is 2.18. The standard InChI is InChI=1S/C24H27N3O2S/c1-17(30-22-10-4-8-19-9-5-12-25-23(19)22)24(29)26-14-21(28)16-27-13-11-18-6-2-3-7-20(18)15-27/h2-10,12,17,21,28H,11,13-16H2,1H3,(H,26,29). The Labute approximate surface area is 181 Å². The largest absolute Gasteiger partial charge is 0.390 e. The second kappa shape index (κ2) is 9.60. The molecule has 2 N–H and O–H groups in total. The summed E-state index contributed by atoms with van der Waals surface area (Å²) in [5.74, 6) is -0.0732. The number of aromatic nitrogens is 1. The van der Waals surface area contributed by atoms with Crippen LogP contribution in [0.2, 0.25) is 0 Å². The van der Waals surface area contributed by atoms with Crippen LogP contribution in [0.15, 0.2) is 65.7 Å². The zero-order valence-electron chi connectivity index (χ0n) is 17.1. The smallest absolute Gasteiger partial charge is 0.233 e. The van der Waals surface area contributed by atoms with Crippen molar-refractivity contribution in [3.8, 4) is 0 Å². The number of para-hydroxylation sites is 1. The lowest BCUT2D eigenvalue weighted by Crippen LogP contribution is -2.43. The number of amides is 1. The van der Waals surface area contributed by atoms with Crippen molar-refractivity contribution < 1.29 is 9.90 Å². The fraction of sp³-hybridized carbons (Fsp3) is 0.333. The number of aliphatic hydroxyl groups is 1. The van der Waals surface area contributed by atoms with E-state index < -0.39 is 6.10 Å². The van der Waals surface area contributed by atoms with Crippen molar-refractivity contribution in [3.63, 3.8) is 0 Å². The number of hydrogen-bond acceptors (Lipinski definition) is 5. The summed E-state index contributed by atoms with van der Waals surface area (Å²) >= 11 is 1.49. The molecule has 3 aromatic rings. The van der Waals surface area contributed by atoms with Gasteiger partial charge in [-0.05, 0) is 36.6 Å². The van der Waals surface area contributed by atoms with Gasteiger partial charge in [0.15, 0.2) is 0 Å². The number of fused-ring (bicyclic) bond motifs is 2. The fourth-order valence-electron chi connectivity index (χ4n) is 3.85. The molecule has 6 heteroatoms. The van der Waals surface area contributed by atoms with Crippen molar-refractivity contribution in [3.05, 3.63) is 71.9 Å². The molecule has 5 nitrogen and oxygen atoms in total. The van der Waals surface area contributed by atoms with Crippen LogP contribution in [-0.4, -0.2) is 51.9 Å². The number of hydrogen-bond donors (Lipinski definition) is 2. The topological polar surface area (TPSA) is 65.5 Å². The minimum Gasteiger partial charge on any atom is -0.390 e. The van der Waals surface area contributed by atoms with Gasteiger partial charge >= 0.3 is 0 Å². The highest BCUT2D eigenvalue weighted by atomic mass is 32.2. The first-order valence-electron chi connectivity index (χ1n) is 10.4. The first-order valence-corrected chi connectivity index (χ1v) is 11.2. The van der Waals surface area contributed by atoms with Gasteiger partial charge in [0.25, 0.3) is 0 Å². The van der Waals surface area contributed by atoms with Gasteiger partial charge in [0.05, 0.1) is 16.9 Å². The molecular weight excluding hydrogens is 394 g/mol. The van der Waals surface area contributed by atoms with Gasteiger partial charge in [-0.2, -0.15) is 0 Å². The summed E-state index contributed by atoms with van der Waals surface area (Å²) in [4.78, 5) is 20.3. The Morgan fingerprint density at radius 1 is 1.17 bits per heavy atom. The number of thioether (sulfide) groups is 1. The molecule has 1 aliphatic heterocycles. The second-order valence-corrected chi connectivity index (χ2v) is 9.13. The van der Waals surface area contributed by atoms with Gasteiger partial charge in [0.1, 0.15) is 0 Å². The average molecular weight is 422 g/mol. The minimum absolute atomic E-state index is 0.0732. The summed E-state index contributed by atoms with van der Waals surface area (Å²) < 4.78 is 0. The third-order valence-corrected chi connectivity index (χ3v) is 6.61. The van der Waals surface area contributed by atoms with E-state index in [4.69, 9.17) is 0 Å². The molecule has 30 heavy (non-hydrogen) atoms. The minimum atomic E-state index is -0.587. The Kier molecular flexibility index (Phi) is 6.67. The van der Waals surface area contributed by atoms with E-state index in [1.807, 2.05) is 37.3 Å². The van der Waals surface area contributed by atoms with Crippen LogP contribution >= 0.6 is 11.8 Å². The number of carbonyl (C=O) groups excluding carboxylic acids is 1. The van der Waals surface area contributed by atoms with Crippen LogP contribution in [0.5, 0.6) is 0 Å². The van der Waals surface area contributed by atoms with E-state index in [9.17, 15) is 9.90 Å². The molecule has 0 fully saturated rings. The molecule has 2 heterocycles. The summed E-state index contributed by atoms with van der Waals surface area (Å²) in [5.41, 5.74) is 3.63. The Balaban J connectivity index is 1.27. The van der Waals surface area contributed by atoms with E-state index in [0.717, 1.165) is 35.3 Å². The van der Waals surface area contributed by atoms with Gasteiger partial charge in [-0.3, -0.25) is 14.7 Å².